The number of sulfone groups is 1. The standard InChI is InChI=1S/C13H27NO2S/c1-3-5-6-12(4-2)9-13(10-14)7-8-17(15,16)11-13/h12H,3-11,14H2,1-2H3. The Balaban J connectivity index is 2.62. The number of rotatable bonds is 7. The zero-order valence-electron chi connectivity index (χ0n) is 11.2. The third kappa shape index (κ3) is 4.25. The van der Waals surface area contributed by atoms with E-state index < -0.39 is 9.84 Å². The van der Waals surface area contributed by atoms with E-state index in [-0.39, 0.29) is 5.41 Å². The summed E-state index contributed by atoms with van der Waals surface area (Å²) in [6.45, 7) is 4.92. The van der Waals surface area contributed by atoms with E-state index in [0.29, 0.717) is 24.0 Å². The third-order valence-electron chi connectivity index (χ3n) is 4.17. The Morgan fingerprint density at radius 1 is 1.35 bits per heavy atom. The molecule has 0 saturated carbocycles. The molecular formula is C13H27NO2S. The van der Waals surface area contributed by atoms with Crippen molar-refractivity contribution in [3.8, 4) is 0 Å². The monoisotopic (exact) mass is 261 g/mol. The van der Waals surface area contributed by atoms with Crippen molar-refractivity contribution in [3.05, 3.63) is 0 Å². The highest BCUT2D eigenvalue weighted by Gasteiger charge is 2.42. The molecular weight excluding hydrogens is 234 g/mol. The van der Waals surface area contributed by atoms with Crippen molar-refractivity contribution in [1.29, 1.82) is 0 Å². The SMILES string of the molecule is CCCCC(CC)CC1(CN)CCS(=O)(=O)C1. The predicted octanol–water partition coefficient (Wildman–Crippen LogP) is 2.36. The molecule has 3 nitrogen and oxygen atoms in total. The van der Waals surface area contributed by atoms with E-state index in [2.05, 4.69) is 13.8 Å². The largest absolute Gasteiger partial charge is 0.330 e. The number of hydrogen-bond acceptors (Lipinski definition) is 3. The maximum atomic E-state index is 11.6. The van der Waals surface area contributed by atoms with Crippen molar-refractivity contribution >= 4 is 9.84 Å². The molecule has 2 atom stereocenters. The van der Waals surface area contributed by atoms with Gasteiger partial charge in [0.2, 0.25) is 0 Å². The van der Waals surface area contributed by atoms with Gasteiger partial charge in [-0.15, -0.1) is 0 Å². The lowest BCUT2D eigenvalue weighted by Crippen LogP contribution is -2.34. The van der Waals surface area contributed by atoms with Crippen LogP contribution in [0.4, 0.5) is 0 Å². The first-order chi connectivity index (χ1) is 7.97. The fraction of sp³-hybridized carbons (Fsp3) is 1.00. The average Bonchev–Trinajstić information content (AvgIpc) is 2.61. The predicted molar refractivity (Wildman–Crippen MR) is 72.7 cm³/mol. The van der Waals surface area contributed by atoms with Crippen LogP contribution in [0.2, 0.25) is 0 Å². The lowest BCUT2D eigenvalue weighted by molar-refractivity contribution is 0.239. The Hall–Kier alpha value is -0.0900. The van der Waals surface area contributed by atoms with Gasteiger partial charge in [0.15, 0.2) is 9.84 Å². The highest BCUT2D eigenvalue weighted by molar-refractivity contribution is 7.91. The highest BCUT2D eigenvalue weighted by atomic mass is 32.2. The van der Waals surface area contributed by atoms with Crippen LogP contribution in [0.1, 0.15) is 52.4 Å². The van der Waals surface area contributed by atoms with Crippen molar-refractivity contribution < 1.29 is 8.42 Å². The van der Waals surface area contributed by atoms with Crippen LogP contribution in [-0.2, 0) is 9.84 Å². The van der Waals surface area contributed by atoms with E-state index in [4.69, 9.17) is 5.73 Å². The summed E-state index contributed by atoms with van der Waals surface area (Å²) in [5.41, 5.74) is 5.74. The molecule has 0 aromatic heterocycles. The lowest BCUT2D eigenvalue weighted by atomic mass is 9.76. The molecule has 0 aliphatic carbocycles. The molecule has 0 radical (unpaired) electrons. The first-order valence-electron chi connectivity index (χ1n) is 6.87. The molecule has 2 unspecified atom stereocenters. The Labute approximate surface area is 106 Å². The molecule has 0 amide bonds. The fourth-order valence-corrected chi connectivity index (χ4v) is 5.15. The molecule has 0 aromatic rings. The van der Waals surface area contributed by atoms with Gasteiger partial charge in [-0.25, -0.2) is 8.42 Å². The minimum atomic E-state index is -2.82. The molecule has 1 fully saturated rings. The summed E-state index contributed by atoms with van der Waals surface area (Å²) in [6.07, 6.45) is 6.58. The van der Waals surface area contributed by atoms with E-state index in [1.807, 2.05) is 0 Å². The van der Waals surface area contributed by atoms with Crippen molar-refractivity contribution in [2.75, 3.05) is 18.1 Å². The molecule has 1 aliphatic rings. The molecule has 2 N–H and O–H groups in total. The molecule has 1 aliphatic heterocycles. The Morgan fingerprint density at radius 2 is 2.06 bits per heavy atom. The van der Waals surface area contributed by atoms with E-state index in [1.54, 1.807) is 0 Å². The highest BCUT2D eigenvalue weighted by Crippen LogP contribution is 2.39. The molecule has 0 bridgehead atoms. The van der Waals surface area contributed by atoms with Gasteiger partial charge in [0.1, 0.15) is 0 Å². The molecule has 0 aromatic carbocycles. The van der Waals surface area contributed by atoms with Crippen LogP contribution >= 0.6 is 0 Å². The average molecular weight is 261 g/mol. The quantitative estimate of drug-likeness (QED) is 0.765. The van der Waals surface area contributed by atoms with E-state index >= 15 is 0 Å². The summed E-state index contributed by atoms with van der Waals surface area (Å²) in [5.74, 6) is 1.31. The first-order valence-corrected chi connectivity index (χ1v) is 8.69. The number of hydrogen-bond donors (Lipinski definition) is 1. The van der Waals surface area contributed by atoms with Crippen LogP contribution in [0.25, 0.3) is 0 Å². The maximum absolute atomic E-state index is 11.6. The topological polar surface area (TPSA) is 60.2 Å². The number of nitrogens with two attached hydrogens (primary N) is 1. The molecule has 17 heavy (non-hydrogen) atoms. The van der Waals surface area contributed by atoms with Gasteiger partial charge in [-0.2, -0.15) is 0 Å². The number of unbranched alkanes of at least 4 members (excludes halogenated alkanes) is 1. The Kier molecular flexibility index (Phi) is 5.45. The van der Waals surface area contributed by atoms with Crippen LogP contribution in [0, 0.1) is 11.3 Å². The summed E-state index contributed by atoms with van der Waals surface area (Å²) < 4.78 is 23.3. The van der Waals surface area contributed by atoms with Gasteiger partial charge in [0.25, 0.3) is 0 Å². The van der Waals surface area contributed by atoms with Crippen LogP contribution in [0.5, 0.6) is 0 Å². The van der Waals surface area contributed by atoms with Gasteiger partial charge < -0.3 is 5.73 Å². The van der Waals surface area contributed by atoms with Crippen molar-refractivity contribution in [2.45, 2.75) is 52.4 Å². The molecule has 1 heterocycles. The van der Waals surface area contributed by atoms with Gasteiger partial charge in [0, 0.05) is 0 Å². The molecule has 0 spiro atoms. The first kappa shape index (κ1) is 15.0. The lowest BCUT2D eigenvalue weighted by Gasteiger charge is -2.30. The van der Waals surface area contributed by atoms with Gasteiger partial charge in [-0.3, -0.25) is 0 Å². The van der Waals surface area contributed by atoms with Crippen molar-refractivity contribution in [2.24, 2.45) is 17.1 Å². The minimum Gasteiger partial charge on any atom is -0.330 e. The van der Waals surface area contributed by atoms with Crippen LogP contribution < -0.4 is 5.73 Å². The maximum Gasteiger partial charge on any atom is 0.150 e. The molecule has 4 heteroatoms. The van der Waals surface area contributed by atoms with E-state index in [1.165, 1.54) is 19.3 Å². The zero-order chi connectivity index (χ0) is 12.9. The molecule has 1 rings (SSSR count). The normalized spacial score (nSPS) is 29.4. The van der Waals surface area contributed by atoms with E-state index in [9.17, 15) is 8.42 Å². The van der Waals surface area contributed by atoms with Gasteiger partial charge in [0.05, 0.1) is 11.5 Å². The van der Waals surface area contributed by atoms with Gasteiger partial charge >= 0.3 is 0 Å². The van der Waals surface area contributed by atoms with Crippen LogP contribution in [0.15, 0.2) is 0 Å². The van der Waals surface area contributed by atoms with Crippen molar-refractivity contribution in [3.63, 3.8) is 0 Å². The van der Waals surface area contributed by atoms with Crippen molar-refractivity contribution in [1.82, 2.24) is 0 Å². The second-order valence-corrected chi connectivity index (χ2v) is 7.85. The van der Waals surface area contributed by atoms with Gasteiger partial charge in [-0.1, -0.05) is 39.5 Å². The minimum absolute atomic E-state index is 0.118. The molecule has 1 saturated heterocycles. The molecule has 102 valence electrons. The second-order valence-electron chi connectivity index (χ2n) is 5.67. The Bertz CT molecular complexity index is 326. The van der Waals surface area contributed by atoms with Gasteiger partial charge in [-0.05, 0) is 30.7 Å². The Morgan fingerprint density at radius 3 is 2.47 bits per heavy atom. The third-order valence-corrected chi connectivity index (χ3v) is 6.05. The van der Waals surface area contributed by atoms with Crippen LogP contribution in [0.3, 0.4) is 0 Å². The summed E-state index contributed by atoms with van der Waals surface area (Å²) >= 11 is 0. The second kappa shape index (κ2) is 6.19. The zero-order valence-corrected chi connectivity index (χ0v) is 12.1. The summed E-state index contributed by atoms with van der Waals surface area (Å²) in [4.78, 5) is 0. The summed E-state index contributed by atoms with van der Waals surface area (Å²) in [5, 5.41) is 0. The summed E-state index contributed by atoms with van der Waals surface area (Å²) in [7, 11) is -2.82. The smallest absolute Gasteiger partial charge is 0.150 e. The van der Waals surface area contributed by atoms with E-state index in [0.717, 1.165) is 19.3 Å². The fourth-order valence-electron chi connectivity index (χ4n) is 2.94. The summed E-state index contributed by atoms with van der Waals surface area (Å²) in [6, 6.07) is 0. The van der Waals surface area contributed by atoms with Crippen LogP contribution in [-0.4, -0.2) is 26.5 Å².